The minimum atomic E-state index is -0.000394. The van der Waals surface area contributed by atoms with Gasteiger partial charge in [0.05, 0.1) is 0 Å². The molecule has 0 aromatic heterocycles. The second-order valence-corrected chi connectivity index (χ2v) is 7.80. The highest BCUT2D eigenvalue weighted by Gasteiger charge is 2.44. The summed E-state index contributed by atoms with van der Waals surface area (Å²) < 4.78 is 0. The van der Waals surface area contributed by atoms with Gasteiger partial charge in [0.15, 0.2) is 0 Å². The van der Waals surface area contributed by atoms with E-state index in [9.17, 15) is 0 Å². The Morgan fingerprint density at radius 2 is 1.38 bits per heavy atom. The molecule has 1 saturated heterocycles. The van der Waals surface area contributed by atoms with E-state index < -0.39 is 0 Å². The highest BCUT2D eigenvalue weighted by atomic mass is 32.2. The van der Waals surface area contributed by atoms with Crippen LogP contribution in [0.2, 0.25) is 0 Å². The molecule has 1 aliphatic heterocycles. The van der Waals surface area contributed by atoms with Gasteiger partial charge in [-0.2, -0.15) is 0 Å². The molecule has 1 nitrogen and oxygen atoms in total. The lowest BCUT2D eigenvalue weighted by molar-refractivity contribution is 0.308. The maximum absolute atomic E-state index is 3.67. The molecule has 0 spiro atoms. The van der Waals surface area contributed by atoms with Crippen molar-refractivity contribution in [3.63, 3.8) is 0 Å². The monoisotopic (exact) mass is 359 g/mol. The zero-order valence-electron chi connectivity index (χ0n) is 15.2. The Kier molecular flexibility index (Phi) is 5.14. The zero-order chi connectivity index (χ0) is 17.8. The molecule has 132 valence electrons. The second-order valence-electron chi connectivity index (χ2n) is 6.95. The van der Waals surface area contributed by atoms with Gasteiger partial charge >= 0.3 is 0 Å². The summed E-state index contributed by atoms with van der Waals surface area (Å²) in [5, 5.41) is 3.67. The van der Waals surface area contributed by atoms with Gasteiger partial charge in [0.1, 0.15) is 0 Å². The first-order chi connectivity index (χ1) is 12.9. The first-order valence-electron chi connectivity index (χ1n) is 9.31. The van der Waals surface area contributed by atoms with Crippen LogP contribution in [0.4, 0.5) is 0 Å². The van der Waals surface area contributed by atoms with Gasteiger partial charge in [-0.3, -0.25) is 0 Å². The van der Waals surface area contributed by atoms with Crippen LogP contribution in [-0.2, 0) is 5.41 Å². The van der Waals surface area contributed by atoms with Crippen LogP contribution in [0.25, 0.3) is 0 Å². The fraction of sp³-hybridized carbons (Fsp3) is 0.250. The summed E-state index contributed by atoms with van der Waals surface area (Å²) >= 11 is 1.85. The lowest BCUT2D eigenvalue weighted by Gasteiger charge is -2.46. The third-order valence-corrected chi connectivity index (χ3v) is 6.54. The molecule has 1 unspecified atom stereocenters. The zero-order valence-corrected chi connectivity index (χ0v) is 16.0. The van der Waals surface area contributed by atoms with Crippen molar-refractivity contribution >= 4 is 11.8 Å². The summed E-state index contributed by atoms with van der Waals surface area (Å²) in [6.45, 7) is 2.04. The summed E-state index contributed by atoms with van der Waals surface area (Å²) in [7, 11) is 0. The average Bonchev–Trinajstić information content (AvgIpc) is 2.75. The fourth-order valence-electron chi connectivity index (χ4n) is 4.54. The molecule has 1 atom stereocenters. The molecular weight excluding hydrogens is 334 g/mol. The second kappa shape index (κ2) is 7.69. The molecule has 26 heavy (non-hydrogen) atoms. The van der Waals surface area contributed by atoms with Crippen molar-refractivity contribution in [3.8, 4) is 0 Å². The van der Waals surface area contributed by atoms with Crippen molar-refractivity contribution in [3.05, 3.63) is 102 Å². The van der Waals surface area contributed by atoms with E-state index in [0.717, 1.165) is 19.5 Å². The van der Waals surface area contributed by atoms with E-state index in [0.29, 0.717) is 5.92 Å². The van der Waals surface area contributed by atoms with Crippen LogP contribution in [0.3, 0.4) is 0 Å². The van der Waals surface area contributed by atoms with Crippen LogP contribution in [0.15, 0.2) is 89.8 Å². The van der Waals surface area contributed by atoms with E-state index in [1.54, 1.807) is 0 Å². The summed E-state index contributed by atoms with van der Waals surface area (Å²) in [5.41, 5.74) is 4.31. The summed E-state index contributed by atoms with van der Waals surface area (Å²) in [4.78, 5) is 1.39. The maximum Gasteiger partial charge on any atom is 0.0295 e. The van der Waals surface area contributed by atoms with Gasteiger partial charge in [-0.1, -0.05) is 78.9 Å². The Bertz CT molecular complexity index is 805. The third kappa shape index (κ3) is 2.98. The molecule has 0 radical (unpaired) electrons. The minimum absolute atomic E-state index is 0.000394. The molecule has 2 heteroatoms. The van der Waals surface area contributed by atoms with E-state index in [2.05, 4.69) is 96.5 Å². The predicted octanol–water partition coefficient (Wildman–Crippen LogP) is 5.47. The summed E-state index contributed by atoms with van der Waals surface area (Å²) in [6.07, 6.45) is 3.29. The lowest BCUT2D eigenvalue weighted by atomic mass is 9.60. The molecule has 0 saturated carbocycles. The standard InChI is InChI=1S/C24H25NS/c1-26-23-15-9-8-14-21(23)22-18-25-17-16-24(22,19-10-4-2-5-11-19)20-12-6-3-7-13-20/h2-15,22,25H,16-18H2,1H3. The number of hydrogen-bond acceptors (Lipinski definition) is 2. The Morgan fingerprint density at radius 1 is 0.808 bits per heavy atom. The largest absolute Gasteiger partial charge is 0.316 e. The van der Waals surface area contributed by atoms with Crippen molar-refractivity contribution in [2.75, 3.05) is 19.3 Å². The van der Waals surface area contributed by atoms with Gasteiger partial charge < -0.3 is 5.32 Å². The molecule has 3 aromatic rings. The fourth-order valence-corrected chi connectivity index (χ4v) is 5.20. The molecule has 4 rings (SSSR count). The number of rotatable bonds is 4. The molecule has 0 aliphatic carbocycles. The van der Waals surface area contributed by atoms with E-state index in [1.807, 2.05) is 11.8 Å². The summed E-state index contributed by atoms with van der Waals surface area (Å²) in [5.74, 6) is 0.407. The first kappa shape index (κ1) is 17.4. The van der Waals surface area contributed by atoms with E-state index in [-0.39, 0.29) is 5.41 Å². The van der Waals surface area contributed by atoms with Gasteiger partial charge in [-0.25, -0.2) is 0 Å². The number of hydrogen-bond donors (Lipinski definition) is 1. The summed E-state index contributed by atoms with van der Waals surface area (Å²) in [6, 6.07) is 31.1. The van der Waals surface area contributed by atoms with Gasteiger partial charge in [-0.15, -0.1) is 11.8 Å². The Hall–Kier alpha value is -2.03. The molecule has 1 N–H and O–H groups in total. The number of nitrogens with one attached hydrogen (secondary N) is 1. The topological polar surface area (TPSA) is 12.0 Å². The molecule has 3 aromatic carbocycles. The molecule has 0 bridgehead atoms. The van der Waals surface area contributed by atoms with Gasteiger partial charge in [-0.05, 0) is 42.0 Å². The number of thioether (sulfide) groups is 1. The highest BCUT2D eigenvalue weighted by molar-refractivity contribution is 7.98. The molecule has 1 aliphatic rings. The Balaban J connectivity index is 1.96. The van der Waals surface area contributed by atoms with Crippen LogP contribution in [0, 0.1) is 0 Å². The third-order valence-electron chi connectivity index (χ3n) is 5.73. The smallest absolute Gasteiger partial charge is 0.0295 e. The quantitative estimate of drug-likeness (QED) is 0.620. The van der Waals surface area contributed by atoms with Crippen molar-refractivity contribution in [1.82, 2.24) is 5.32 Å². The van der Waals surface area contributed by atoms with Crippen LogP contribution in [-0.4, -0.2) is 19.3 Å². The van der Waals surface area contributed by atoms with E-state index in [4.69, 9.17) is 0 Å². The predicted molar refractivity (Wildman–Crippen MR) is 112 cm³/mol. The molecular formula is C24H25NS. The van der Waals surface area contributed by atoms with E-state index in [1.165, 1.54) is 21.6 Å². The average molecular weight is 360 g/mol. The normalized spacial score (nSPS) is 19.2. The van der Waals surface area contributed by atoms with E-state index >= 15 is 0 Å². The SMILES string of the molecule is CSc1ccccc1C1CNCCC1(c1ccccc1)c1ccccc1. The number of piperidine rings is 1. The number of benzene rings is 3. The van der Waals surface area contributed by atoms with Gasteiger partial charge in [0.2, 0.25) is 0 Å². The minimum Gasteiger partial charge on any atom is -0.316 e. The first-order valence-corrected chi connectivity index (χ1v) is 10.5. The van der Waals surface area contributed by atoms with Crippen LogP contribution in [0.1, 0.15) is 29.0 Å². The lowest BCUT2D eigenvalue weighted by Crippen LogP contribution is -2.47. The van der Waals surface area contributed by atoms with Gasteiger partial charge in [0, 0.05) is 22.8 Å². The Labute approximate surface area is 160 Å². The van der Waals surface area contributed by atoms with Crippen molar-refractivity contribution in [2.24, 2.45) is 0 Å². The molecule has 1 heterocycles. The van der Waals surface area contributed by atoms with Crippen LogP contribution >= 0.6 is 11.8 Å². The maximum atomic E-state index is 3.67. The van der Waals surface area contributed by atoms with Crippen LogP contribution in [0.5, 0.6) is 0 Å². The van der Waals surface area contributed by atoms with Gasteiger partial charge in [0.25, 0.3) is 0 Å². The van der Waals surface area contributed by atoms with Crippen molar-refractivity contribution < 1.29 is 0 Å². The van der Waals surface area contributed by atoms with Crippen LogP contribution < -0.4 is 5.32 Å². The van der Waals surface area contributed by atoms with Crippen molar-refractivity contribution in [1.29, 1.82) is 0 Å². The molecule has 0 amide bonds. The Morgan fingerprint density at radius 3 is 2.00 bits per heavy atom. The molecule has 1 fully saturated rings. The van der Waals surface area contributed by atoms with Crippen molar-refractivity contribution in [2.45, 2.75) is 22.6 Å². The highest BCUT2D eigenvalue weighted by Crippen LogP contribution is 2.49.